The molecule has 48 valence electrons. The van der Waals surface area contributed by atoms with Crippen molar-refractivity contribution < 1.29 is 14.8 Å². The third-order valence-electron chi connectivity index (χ3n) is 0.567. The number of hydrogen-bond donors (Lipinski definition) is 1. The Kier molecular flexibility index (Phi) is 2.14. The van der Waals surface area contributed by atoms with Crippen molar-refractivity contribution in [2.45, 2.75) is 6.04 Å². The molecule has 0 saturated carbocycles. The Balaban J connectivity index is 4.22. The Morgan fingerprint density at radius 2 is 2.33 bits per heavy atom. The standard InChI is InChI=1S/C3H2N2O4/c4-1-2(3(6)7)5(8)9/h2H,(H,6,7)/t2-/m0/s1. The zero-order chi connectivity index (χ0) is 7.44. The van der Waals surface area contributed by atoms with E-state index in [1.54, 1.807) is 0 Å². The van der Waals surface area contributed by atoms with E-state index in [-0.39, 0.29) is 0 Å². The van der Waals surface area contributed by atoms with Crippen LogP contribution in [0.3, 0.4) is 0 Å². The summed E-state index contributed by atoms with van der Waals surface area (Å²) in [6, 6.07) is -1.13. The van der Waals surface area contributed by atoms with Gasteiger partial charge in [0.25, 0.3) is 0 Å². The Bertz CT molecular complexity index is 167. The molecule has 0 aromatic rings. The predicted molar refractivity (Wildman–Crippen MR) is 24.0 cm³/mol. The number of carboxylic acid groups (broad SMARTS) is 1. The smallest absolute Gasteiger partial charge is 0.394 e. The Morgan fingerprint density at radius 3 is 2.33 bits per heavy atom. The molecule has 0 amide bonds. The number of aliphatic carboxylic acids is 1. The molecule has 1 N–H and O–H groups in total. The summed E-state index contributed by atoms with van der Waals surface area (Å²) in [6.07, 6.45) is 0. The van der Waals surface area contributed by atoms with Gasteiger partial charge in [-0.05, 0) is 0 Å². The molecular formula is C3H2N2O4. The summed E-state index contributed by atoms with van der Waals surface area (Å²) < 4.78 is 0. The maximum atomic E-state index is 9.71. The van der Waals surface area contributed by atoms with Gasteiger partial charge in [0, 0.05) is 0 Å². The van der Waals surface area contributed by atoms with E-state index in [1.807, 2.05) is 0 Å². The van der Waals surface area contributed by atoms with Crippen LogP contribution < -0.4 is 0 Å². The highest BCUT2D eigenvalue weighted by Crippen LogP contribution is 1.85. The first-order valence-electron chi connectivity index (χ1n) is 1.85. The van der Waals surface area contributed by atoms with E-state index < -0.39 is 16.9 Å². The number of nitriles is 1. The molecule has 0 fully saturated rings. The molecule has 0 aliphatic heterocycles. The lowest BCUT2D eigenvalue weighted by Crippen LogP contribution is -2.26. The summed E-state index contributed by atoms with van der Waals surface area (Å²) in [5.74, 6) is -1.73. The Hall–Kier alpha value is -1.64. The van der Waals surface area contributed by atoms with E-state index >= 15 is 0 Å². The van der Waals surface area contributed by atoms with Gasteiger partial charge in [-0.3, -0.25) is 10.1 Å². The summed E-state index contributed by atoms with van der Waals surface area (Å²) in [5.41, 5.74) is 0. The summed E-state index contributed by atoms with van der Waals surface area (Å²) in [6.45, 7) is 0. The predicted octanol–water partition coefficient (Wildman–Crippen LogP) is -0.760. The van der Waals surface area contributed by atoms with E-state index in [1.165, 1.54) is 0 Å². The van der Waals surface area contributed by atoms with Crippen molar-refractivity contribution in [1.82, 2.24) is 0 Å². The molecule has 0 aromatic carbocycles. The van der Waals surface area contributed by atoms with E-state index in [9.17, 15) is 14.9 Å². The minimum absolute atomic E-state index is 1.00. The second-order valence-electron chi connectivity index (χ2n) is 1.16. The maximum Gasteiger partial charge on any atom is 0.394 e. The lowest BCUT2D eigenvalue weighted by molar-refractivity contribution is -0.495. The number of nitro groups is 1. The van der Waals surface area contributed by atoms with Crippen molar-refractivity contribution in [3.05, 3.63) is 10.1 Å². The van der Waals surface area contributed by atoms with Gasteiger partial charge in [0.1, 0.15) is 0 Å². The molecule has 0 saturated heterocycles. The second-order valence-corrected chi connectivity index (χ2v) is 1.16. The minimum Gasteiger partial charge on any atom is -0.475 e. The molecule has 0 spiro atoms. The Labute approximate surface area is 49.5 Å². The van der Waals surface area contributed by atoms with Gasteiger partial charge in [-0.15, -0.1) is 0 Å². The molecule has 0 radical (unpaired) electrons. The average molecular weight is 130 g/mol. The maximum absolute atomic E-state index is 9.71. The largest absolute Gasteiger partial charge is 0.475 e. The molecule has 0 rings (SSSR count). The first-order chi connectivity index (χ1) is 4.09. The SMILES string of the molecule is N#C[C@@H](C(=O)O)[N+](=O)[O-]. The van der Waals surface area contributed by atoms with Crippen molar-refractivity contribution in [2.24, 2.45) is 0 Å². The van der Waals surface area contributed by atoms with Gasteiger partial charge in [0.05, 0.1) is 4.92 Å². The summed E-state index contributed by atoms with van der Waals surface area (Å²) in [5, 5.41) is 25.2. The highest BCUT2D eigenvalue weighted by atomic mass is 16.6. The monoisotopic (exact) mass is 130 g/mol. The zero-order valence-corrected chi connectivity index (χ0v) is 4.14. The van der Waals surface area contributed by atoms with Crippen LogP contribution in [-0.4, -0.2) is 22.0 Å². The quantitative estimate of drug-likeness (QED) is 0.390. The second kappa shape index (κ2) is 2.61. The van der Waals surface area contributed by atoms with Crippen LogP contribution in [0.4, 0.5) is 0 Å². The number of rotatable bonds is 2. The van der Waals surface area contributed by atoms with Gasteiger partial charge in [-0.25, -0.2) is 4.79 Å². The first-order valence-corrected chi connectivity index (χ1v) is 1.85. The van der Waals surface area contributed by atoms with Crippen LogP contribution in [0.5, 0.6) is 0 Å². The van der Waals surface area contributed by atoms with E-state index in [0.717, 1.165) is 6.07 Å². The van der Waals surface area contributed by atoms with Crippen molar-refractivity contribution in [1.29, 1.82) is 5.26 Å². The fraction of sp³-hybridized carbons (Fsp3) is 0.333. The van der Waals surface area contributed by atoms with Gasteiger partial charge >= 0.3 is 12.0 Å². The molecule has 0 unspecified atom stereocenters. The molecular weight excluding hydrogens is 128 g/mol. The average Bonchev–Trinajstić information content (AvgIpc) is 1.64. The summed E-state index contributed by atoms with van der Waals surface area (Å²) in [7, 11) is 0. The molecule has 0 bridgehead atoms. The third-order valence-corrected chi connectivity index (χ3v) is 0.567. The fourth-order valence-corrected chi connectivity index (χ4v) is 0.193. The molecule has 1 atom stereocenters. The van der Waals surface area contributed by atoms with Crippen LogP contribution in [0.15, 0.2) is 0 Å². The van der Waals surface area contributed by atoms with E-state index in [4.69, 9.17) is 10.4 Å². The third kappa shape index (κ3) is 1.73. The van der Waals surface area contributed by atoms with E-state index in [0.29, 0.717) is 0 Å². The van der Waals surface area contributed by atoms with Crippen LogP contribution >= 0.6 is 0 Å². The molecule has 0 aliphatic carbocycles. The number of hydrogen-bond acceptors (Lipinski definition) is 4. The Morgan fingerprint density at radius 1 is 1.89 bits per heavy atom. The topological polar surface area (TPSA) is 104 Å². The summed E-state index contributed by atoms with van der Waals surface area (Å²) >= 11 is 0. The molecule has 6 nitrogen and oxygen atoms in total. The molecule has 6 heteroatoms. The van der Waals surface area contributed by atoms with Crippen LogP contribution in [-0.2, 0) is 4.79 Å². The lowest BCUT2D eigenvalue weighted by atomic mass is 10.4. The number of nitrogens with zero attached hydrogens (tertiary/aromatic N) is 2. The number of carbonyl (C=O) groups is 1. The normalized spacial score (nSPS) is 11.4. The van der Waals surface area contributed by atoms with Crippen LogP contribution in [0.1, 0.15) is 0 Å². The van der Waals surface area contributed by atoms with Crippen molar-refractivity contribution in [3.63, 3.8) is 0 Å². The molecule has 9 heavy (non-hydrogen) atoms. The molecule has 0 heterocycles. The van der Waals surface area contributed by atoms with Crippen LogP contribution in [0.25, 0.3) is 0 Å². The number of carboxylic acids is 1. The lowest BCUT2D eigenvalue weighted by Gasteiger charge is -1.90. The highest BCUT2D eigenvalue weighted by molar-refractivity contribution is 5.74. The van der Waals surface area contributed by atoms with Crippen molar-refractivity contribution in [2.75, 3.05) is 0 Å². The highest BCUT2D eigenvalue weighted by Gasteiger charge is 2.27. The van der Waals surface area contributed by atoms with Gasteiger partial charge in [-0.1, -0.05) is 0 Å². The fourth-order valence-electron chi connectivity index (χ4n) is 0.193. The van der Waals surface area contributed by atoms with Crippen LogP contribution in [0.2, 0.25) is 0 Å². The van der Waals surface area contributed by atoms with E-state index in [2.05, 4.69) is 0 Å². The van der Waals surface area contributed by atoms with Crippen LogP contribution in [0, 0.1) is 21.4 Å². The van der Waals surface area contributed by atoms with Crippen molar-refractivity contribution >= 4 is 5.97 Å². The zero-order valence-electron chi connectivity index (χ0n) is 4.14. The van der Waals surface area contributed by atoms with Gasteiger partial charge in [0.2, 0.25) is 0 Å². The summed E-state index contributed by atoms with van der Waals surface area (Å²) in [4.78, 5) is 18.1. The van der Waals surface area contributed by atoms with Gasteiger partial charge in [0.15, 0.2) is 6.07 Å². The van der Waals surface area contributed by atoms with Gasteiger partial charge in [-0.2, -0.15) is 5.26 Å². The molecule has 0 aromatic heterocycles. The molecule has 0 aliphatic rings. The minimum atomic E-state index is -2.13. The van der Waals surface area contributed by atoms with Crippen molar-refractivity contribution in [3.8, 4) is 6.07 Å². The first kappa shape index (κ1) is 7.36. The van der Waals surface area contributed by atoms with Gasteiger partial charge < -0.3 is 5.11 Å².